The van der Waals surface area contributed by atoms with Crippen molar-refractivity contribution in [2.75, 3.05) is 16.9 Å². The molecule has 2 saturated heterocycles. The first-order valence-corrected chi connectivity index (χ1v) is 18.5. The number of nitrogens with zero attached hydrogens (tertiary/aromatic N) is 3. The van der Waals surface area contributed by atoms with Crippen molar-refractivity contribution in [2.24, 2.45) is 17.8 Å². The molecule has 14 heteroatoms. The SMILES string of the molecule is COc1cc(C2C3=CCC4C(=O)N(c5ccc(-c6nc7ccccc7o6)cc5)C(=O)C4C3CC3(Cl)C(=O)N(c4ccc(F)cc4)C(=O)C23Cl)cc(Br)c1O. The lowest BCUT2D eigenvalue weighted by atomic mass is 9.56. The zero-order valence-electron chi connectivity index (χ0n) is 28.1. The van der Waals surface area contributed by atoms with Crippen molar-refractivity contribution in [2.45, 2.75) is 28.5 Å². The maximum Gasteiger partial charge on any atom is 0.258 e. The number of ether oxygens (including phenoxy) is 1. The number of allylic oxidation sites excluding steroid dienone is 2. The second-order valence-corrected chi connectivity index (χ2v) is 15.9. The number of methoxy groups -OCH3 is 1. The Kier molecular flexibility index (Phi) is 7.87. The molecule has 9 rings (SSSR count). The van der Waals surface area contributed by atoms with Crippen LogP contribution >= 0.6 is 39.1 Å². The Morgan fingerprint density at radius 3 is 2.30 bits per heavy atom. The maximum absolute atomic E-state index is 14.6. The summed E-state index contributed by atoms with van der Waals surface area (Å²) in [6.45, 7) is 0. The topological polar surface area (TPSA) is 130 Å². The number of hydrogen-bond acceptors (Lipinski definition) is 8. The number of carbonyl (C=O) groups is 4. The Morgan fingerprint density at radius 1 is 0.907 bits per heavy atom. The number of rotatable bonds is 5. The minimum Gasteiger partial charge on any atom is -0.503 e. The molecule has 1 N–H and O–H groups in total. The summed E-state index contributed by atoms with van der Waals surface area (Å²) >= 11 is 18.3. The number of amides is 4. The van der Waals surface area contributed by atoms with Crippen LogP contribution in [0.3, 0.4) is 0 Å². The number of phenolic OH excluding ortho intramolecular Hbond substituents is 1. The van der Waals surface area contributed by atoms with Gasteiger partial charge < -0.3 is 14.3 Å². The molecule has 2 aliphatic carbocycles. The normalized spacial score (nSPS) is 27.6. The molecule has 2 aliphatic heterocycles. The molecule has 1 aromatic heterocycles. The van der Waals surface area contributed by atoms with Gasteiger partial charge in [0.2, 0.25) is 17.7 Å². The van der Waals surface area contributed by atoms with Gasteiger partial charge in [0.05, 0.1) is 34.8 Å². The fraction of sp³-hybridized carbons (Fsp3) is 0.225. The summed E-state index contributed by atoms with van der Waals surface area (Å²) in [6, 6.07) is 22.0. The lowest BCUT2D eigenvalue weighted by Crippen LogP contribution is -2.60. The quantitative estimate of drug-likeness (QED) is 0.108. The zero-order valence-corrected chi connectivity index (χ0v) is 31.2. The predicted octanol–water partition coefficient (Wildman–Crippen LogP) is 7.88. The number of oxazole rings is 1. The van der Waals surface area contributed by atoms with E-state index in [4.69, 9.17) is 32.4 Å². The zero-order chi connectivity index (χ0) is 37.8. The molecule has 0 bridgehead atoms. The monoisotopic (exact) mass is 829 g/mol. The van der Waals surface area contributed by atoms with Gasteiger partial charge in [-0.15, -0.1) is 23.2 Å². The van der Waals surface area contributed by atoms with Crippen molar-refractivity contribution in [3.8, 4) is 23.0 Å². The Bertz CT molecular complexity index is 2460. The van der Waals surface area contributed by atoms with E-state index in [9.17, 15) is 28.7 Å². The van der Waals surface area contributed by atoms with E-state index < -0.39 is 62.9 Å². The number of alkyl halides is 2. The minimum atomic E-state index is -2.15. The third-order valence-electron chi connectivity index (χ3n) is 11.2. The average molecular weight is 831 g/mol. The Balaban J connectivity index is 1.13. The van der Waals surface area contributed by atoms with E-state index in [1.54, 1.807) is 30.3 Å². The van der Waals surface area contributed by atoms with Crippen LogP contribution in [0.2, 0.25) is 0 Å². The summed E-state index contributed by atoms with van der Waals surface area (Å²) in [5.41, 5.74) is 3.31. The van der Waals surface area contributed by atoms with Crippen LogP contribution in [0.25, 0.3) is 22.6 Å². The largest absolute Gasteiger partial charge is 0.503 e. The first kappa shape index (κ1) is 34.7. The molecule has 10 nitrogen and oxygen atoms in total. The second-order valence-electron chi connectivity index (χ2n) is 13.8. The van der Waals surface area contributed by atoms with Crippen LogP contribution in [0.5, 0.6) is 11.5 Å². The van der Waals surface area contributed by atoms with Gasteiger partial charge in [0.15, 0.2) is 26.8 Å². The van der Waals surface area contributed by atoms with E-state index in [1.165, 1.54) is 25.3 Å². The van der Waals surface area contributed by atoms with Crippen LogP contribution in [0.1, 0.15) is 24.3 Å². The number of aromatic nitrogens is 1. The standard InChI is InChI=1S/C40H27BrCl2FN3O7/c1-53-30-17-20(16-27(41)33(30)48)32-24-14-15-25-31(26(24)18-39(42)37(51)47(38(52)40(32,39)43)23-12-8-21(44)9-13-23)36(50)46(35(25)49)22-10-6-19(7-11-22)34-45-28-4-2-3-5-29(28)54-34/h2-14,16-17,25-26,31-32,48H,15,18H2,1H3. The van der Waals surface area contributed by atoms with Gasteiger partial charge in [-0.3, -0.25) is 24.1 Å². The summed E-state index contributed by atoms with van der Waals surface area (Å²) in [4.78, 5) is 60.1. The van der Waals surface area contributed by atoms with Crippen molar-refractivity contribution in [1.29, 1.82) is 0 Å². The van der Waals surface area contributed by atoms with Crippen molar-refractivity contribution >= 4 is 85.2 Å². The number of carbonyl (C=O) groups excluding carboxylic acids is 4. The average Bonchev–Trinajstić information content (AvgIpc) is 3.76. The molecule has 0 radical (unpaired) electrons. The molecule has 272 valence electrons. The highest BCUT2D eigenvalue weighted by atomic mass is 79.9. The number of imide groups is 2. The highest BCUT2D eigenvalue weighted by Crippen LogP contribution is 2.66. The number of fused-ring (bicyclic) bond motifs is 5. The first-order valence-electron chi connectivity index (χ1n) is 17.0. The lowest BCUT2D eigenvalue weighted by molar-refractivity contribution is -0.125. The number of phenols is 1. The van der Waals surface area contributed by atoms with Gasteiger partial charge in [-0.05, 0) is 113 Å². The van der Waals surface area contributed by atoms with Crippen LogP contribution in [0, 0.1) is 23.6 Å². The molecule has 5 aromatic rings. The molecule has 4 amide bonds. The lowest BCUT2D eigenvalue weighted by Gasteiger charge is -2.50. The van der Waals surface area contributed by atoms with Gasteiger partial charge in [0, 0.05) is 11.5 Å². The van der Waals surface area contributed by atoms with Gasteiger partial charge in [-0.25, -0.2) is 14.3 Å². The third kappa shape index (κ3) is 4.72. The van der Waals surface area contributed by atoms with Gasteiger partial charge in [-0.1, -0.05) is 23.8 Å². The molecule has 1 saturated carbocycles. The minimum absolute atomic E-state index is 0.0583. The van der Waals surface area contributed by atoms with Crippen LogP contribution in [-0.4, -0.2) is 50.6 Å². The van der Waals surface area contributed by atoms with Crippen molar-refractivity contribution in [3.05, 3.63) is 112 Å². The summed E-state index contributed by atoms with van der Waals surface area (Å²) in [6.07, 6.45) is 1.72. The van der Waals surface area contributed by atoms with Gasteiger partial charge >= 0.3 is 0 Å². The molecule has 3 heterocycles. The number of benzene rings is 4. The Morgan fingerprint density at radius 2 is 1.59 bits per heavy atom. The third-order valence-corrected chi connectivity index (χ3v) is 13.2. The fourth-order valence-electron chi connectivity index (χ4n) is 8.69. The number of aromatic hydroxyl groups is 1. The predicted molar refractivity (Wildman–Crippen MR) is 201 cm³/mol. The first-order chi connectivity index (χ1) is 25.9. The summed E-state index contributed by atoms with van der Waals surface area (Å²) in [5, 5.41) is 10.7. The van der Waals surface area contributed by atoms with Crippen LogP contribution in [0.15, 0.2) is 105 Å². The molecule has 4 aliphatic rings. The van der Waals surface area contributed by atoms with E-state index >= 15 is 0 Å². The fourth-order valence-corrected chi connectivity index (χ4v) is 10.1. The number of hydrogen-bond donors (Lipinski definition) is 1. The van der Waals surface area contributed by atoms with E-state index in [0.717, 1.165) is 21.9 Å². The maximum atomic E-state index is 14.6. The van der Waals surface area contributed by atoms with E-state index in [-0.39, 0.29) is 34.5 Å². The summed E-state index contributed by atoms with van der Waals surface area (Å²) < 4.78 is 25.5. The van der Waals surface area contributed by atoms with Gasteiger partial charge in [0.1, 0.15) is 11.3 Å². The summed E-state index contributed by atoms with van der Waals surface area (Å²) in [5.74, 6) is -6.56. The number of halogens is 4. The molecule has 6 atom stereocenters. The van der Waals surface area contributed by atoms with Crippen molar-refractivity contribution < 1.29 is 37.8 Å². The summed E-state index contributed by atoms with van der Waals surface area (Å²) in [7, 11) is 1.36. The van der Waals surface area contributed by atoms with Crippen LogP contribution in [0.4, 0.5) is 15.8 Å². The highest BCUT2D eigenvalue weighted by Gasteiger charge is 2.76. The highest BCUT2D eigenvalue weighted by molar-refractivity contribution is 9.10. The molecule has 54 heavy (non-hydrogen) atoms. The van der Waals surface area contributed by atoms with Crippen molar-refractivity contribution in [1.82, 2.24) is 4.98 Å². The molecular weight excluding hydrogens is 804 g/mol. The Labute approximate surface area is 325 Å². The van der Waals surface area contributed by atoms with E-state index in [1.807, 2.05) is 30.3 Å². The number of anilines is 2. The number of para-hydroxylation sites is 2. The van der Waals surface area contributed by atoms with E-state index in [0.29, 0.717) is 39.4 Å². The second kappa shape index (κ2) is 12.2. The molecule has 3 fully saturated rings. The smallest absolute Gasteiger partial charge is 0.258 e. The Hall–Kier alpha value is -5.04. The molecular formula is C40H27BrCl2FN3O7. The van der Waals surface area contributed by atoms with Gasteiger partial charge in [-0.2, -0.15) is 0 Å². The van der Waals surface area contributed by atoms with Crippen molar-refractivity contribution in [3.63, 3.8) is 0 Å². The van der Waals surface area contributed by atoms with Gasteiger partial charge in [0.25, 0.3) is 11.8 Å². The molecule has 4 aromatic carbocycles. The molecule has 0 spiro atoms. The molecule has 6 unspecified atom stereocenters. The van der Waals surface area contributed by atoms with Crippen LogP contribution < -0.4 is 14.5 Å². The van der Waals surface area contributed by atoms with E-state index in [2.05, 4.69) is 20.9 Å². The van der Waals surface area contributed by atoms with Crippen LogP contribution in [-0.2, 0) is 19.2 Å².